The predicted molar refractivity (Wildman–Crippen MR) is 79.8 cm³/mol. The Hall–Kier alpha value is -2.19. The number of pyridine rings is 1. The van der Waals surface area contributed by atoms with Gasteiger partial charge in [0.25, 0.3) is 0 Å². The molecule has 1 aromatic heterocycles. The van der Waals surface area contributed by atoms with Crippen LogP contribution in [0.4, 0.5) is 0 Å². The molecular weight excluding hydrogens is 232 g/mol. The summed E-state index contributed by atoms with van der Waals surface area (Å²) in [5.41, 5.74) is 10.4. The van der Waals surface area contributed by atoms with Crippen LogP contribution in [0.15, 0.2) is 60.8 Å². The highest BCUT2D eigenvalue weighted by atomic mass is 14.6. The summed E-state index contributed by atoms with van der Waals surface area (Å²) in [6, 6.07) is 18.8. The Morgan fingerprint density at radius 1 is 0.947 bits per heavy atom. The number of para-hydroxylation sites is 1. The van der Waals surface area contributed by atoms with E-state index < -0.39 is 0 Å². The maximum Gasteiger partial charge on any atom is 0.0780 e. The summed E-state index contributed by atoms with van der Waals surface area (Å²) in [7, 11) is 0. The van der Waals surface area contributed by atoms with Gasteiger partial charge in [-0.05, 0) is 24.1 Å². The van der Waals surface area contributed by atoms with Crippen molar-refractivity contribution >= 4 is 10.9 Å². The van der Waals surface area contributed by atoms with Crippen LogP contribution in [-0.2, 0) is 0 Å². The van der Waals surface area contributed by atoms with Crippen molar-refractivity contribution in [1.29, 1.82) is 0 Å². The number of nitrogens with two attached hydrogens (primary N) is 1. The molecule has 0 aliphatic carbocycles. The smallest absolute Gasteiger partial charge is 0.0780 e. The second-order valence-electron chi connectivity index (χ2n) is 4.79. The van der Waals surface area contributed by atoms with E-state index >= 15 is 0 Å². The Morgan fingerprint density at radius 3 is 2.42 bits per heavy atom. The number of rotatable bonds is 2. The second kappa shape index (κ2) is 4.82. The number of hydrogen-bond donors (Lipinski definition) is 1. The van der Waals surface area contributed by atoms with Crippen molar-refractivity contribution in [3.8, 4) is 11.1 Å². The van der Waals surface area contributed by atoms with E-state index in [1.165, 1.54) is 5.56 Å². The minimum atomic E-state index is 0.0692. The van der Waals surface area contributed by atoms with Crippen molar-refractivity contribution in [2.24, 2.45) is 5.73 Å². The largest absolute Gasteiger partial charge is 0.324 e. The van der Waals surface area contributed by atoms with E-state index in [2.05, 4.69) is 53.5 Å². The monoisotopic (exact) mass is 248 g/mol. The number of nitrogens with zero attached hydrogens (tertiary/aromatic N) is 1. The van der Waals surface area contributed by atoms with Crippen LogP contribution in [0.5, 0.6) is 0 Å². The summed E-state index contributed by atoms with van der Waals surface area (Å²) >= 11 is 0. The van der Waals surface area contributed by atoms with Crippen molar-refractivity contribution in [2.75, 3.05) is 0 Å². The number of hydrogen-bond acceptors (Lipinski definition) is 2. The minimum Gasteiger partial charge on any atom is -0.324 e. The first kappa shape index (κ1) is 11.9. The number of benzene rings is 2. The number of aromatic nitrogens is 1. The van der Waals surface area contributed by atoms with Crippen LogP contribution < -0.4 is 5.73 Å². The Labute approximate surface area is 112 Å². The highest BCUT2D eigenvalue weighted by molar-refractivity contribution is 5.93. The van der Waals surface area contributed by atoms with E-state index in [1.807, 2.05) is 19.2 Å². The van der Waals surface area contributed by atoms with E-state index in [4.69, 9.17) is 5.73 Å². The highest BCUT2D eigenvalue weighted by Crippen LogP contribution is 2.27. The van der Waals surface area contributed by atoms with Crippen LogP contribution >= 0.6 is 0 Å². The zero-order valence-corrected chi connectivity index (χ0v) is 10.9. The fourth-order valence-electron chi connectivity index (χ4n) is 2.30. The highest BCUT2D eigenvalue weighted by Gasteiger charge is 2.05. The minimum absolute atomic E-state index is 0.0692. The zero-order chi connectivity index (χ0) is 13.2. The molecule has 3 rings (SSSR count). The molecule has 1 atom stereocenters. The Morgan fingerprint density at radius 2 is 1.68 bits per heavy atom. The molecule has 94 valence electrons. The summed E-state index contributed by atoms with van der Waals surface area (Å²) in [5, 5.41) is 1.16. The lowest BCUT2D eigenvalue weighted by Gasteiger charge is -2.09. The fraction of sp³-hybridized carbons (Fsp3) is 0.118. The maximum atomic E-state index is 5.88. The molecular formula is C17H16N2. The molecule has 2 N–H and O–H groups in total. The third kappa shape index (κ3) is 2.23. The van der Waals surface area contributed by atoms with Gasteiger partial charge < -0.3 is 5.73 Å². The Bertz CT molecular complexity index is 695. The standard InChI is InChI=1S/C17H16N2/c1-12(18)13-7-9-14(10-8-13)16-6-2-4-15-5-3-11-19-17(15)16/h2-12H,18H2,1H3. The van der Waals surface area contributed by atoms with Gasteiger partial charge in [0.2, 0.25) is 0 Å². The van der Waals surface area contributed by atoms with Crippen LogP contribution in [0.1, 0.15) is 18.5 Å². The van der Waals surface area contributed by atoms with Gasteiger partial charge in [0.15, 0.2) is 0 Å². The third-order valence-corrected chi connectivity index (χ3v) is 3.38. The molecule has 0 saturated carbocycles. The maximum absolute atomic E-state index is 5.88. The molecule has 19 heavy (non-hydrogen) atoms. The summed E-state index contributed by atoms with van der Waals surface area (Å²) in [6.07, 6.45) is 1.84. The average molecular weight is 248 g/mol. The Kier molecular flexibility index (Phi) is 3.02. The van der Waals surface area contributed by atoms with Crippen molar-refractivity contribution in [2.45, 2.75) is 13.0 Å². The van der Waals surface area contributed by atoms with Gasteiger partial charge in [-0.2, -0.15) is 0 Å². The van der Waals surface area contributed by atoms with Gasteiger partial charge in [-0.15, -0.1) is 0 Å². The van der Waals surface area contributed by atoms with Crippen LogP contribution in [0.3, 0.4) is 0 Å². The van der Waals surface area contributed by atoms with Crippen LogP contribution in [0, 0.1) is 0 Å². The van der Waals surface area contributed by atoms with Crippen molar-refractivity contribution in [1.82, 2.24) is 4.98 Å². The lowest BCUT2D eigenvalue weighted by molar-refractivity contribution is 0.818. The zero-order valence-electron chi connectivity index (χ0n) is 10.9. The van der Waals surface area contributed by atoms with E-state index in [1.54, 1.807) is 0 Å². The Balaban J connectivity index is 2.14. The molecule has 3 aromatic rings. The molecule has 0 aliphatic rings. The topological polar surface area (TPSA) is 38.9 Å². The first-order chi connectivity index (χ1) is 9.25. The van der Waals surface area contributed by atoms with Gasteiger partial charge in [-0.3, -0.25) is 4.98 Å². The quantitative estimate of drug-likeness (QED) is 0.746. The van der Waals surface area contributed by atoms with E-state index in [0.717, 1.165) is 22.0 Å². The van der Waals surface area contributed by atoms with E-state index in [-0.39, 0.29) is 6.04 Å². The van der Waals surface area contributed by atoms with Gasteiger partial charge in [-0.1, -0.05) is 48.5 Å². The molecule has 2 aromatic carbocycles. The van der Waals surface area contributed by atoms with Crippen molar-refractivity contribution < 1.29 is 0 Å². The van der Waals surface area contributed by atoms with Crippen molar-refractivity contribution in [3.05, 3.63) is 66.4 Å². The van der Waals surface area contributed by atoms with Gasteiger partial charge in [0.05, 0.1) is 5.52 Å². The average Bonchev–Trinajstić information content (AvgIpc) is 2.47. The first-order valence-corrected chi connectivity index (χ1v) is 6.45. The third-order valence-electron chi connectivity index (χ3n) is 3.38. The molecule has 0 saturated heterocycles. The lowest BCUT2D eigenvalue weighted by Crippen LogP contribution is -2.04. The molecule has 0 amide bonds. The van der Waals surface area contributed by atoms with E-state index in [9.17, 15) is 0 Å². The number of fused-ring (bicyclic) bond motifs is 1. The SMILES string of the molecule is CC(N)c1ccc(-c2cccc3cccnc23)cc1. The molecule has 0 bridgehead atoms. The fourth-order valence-corrected chi connectivity index (χ4v) is 2.30. The second-order valence-corrected chi connectivity index (χ2v) is 4.79. The molecule has 0 spiro atoms. The van der Waals surface area contributed by atoms with Gasteiger partial charge >= 0.3 is 0 Å². The van der Waals surface area contributed by atoms with Gasteiger partial charge in [-0.25, -0.2) is 0 Å². The summed E-state index contributed by atoms with van der Waals surface area (Å²) in [5.74, 6) is 0. The summed E-state index contributed by atoms with van der Waals surface area (Å²) < 4.78 is 0. The molecule has 2 heteroatoms. The molecule has 0 fully saturated rings. The molecule has 0 aliphatic heterocycles. The summed E-state index contributed by atoms with van der Waals surface area (Å²) in [4.78, 5) is 4.49. The van der Waals surface area contributed by atoms with Crippen molar-refractivity contribution in [3.63, 3.8) is 0 Å². The molecule has 2 nitrogen and oxygen atoms in total. The van der Waals surface area contributed by atoms with E-state index in [0.29, 0.717) is 0 Å². The molecule has 1 heterocycles. The molecule has 0 radical (unpaired) electrons. The predicted octanol–water partition coefficient (Wildman–Crippen LogP) is 3.92. The lowest BCUT2D eigenvalue weighted by atomic mass is 9.99. The normalized spacial score (nSPS) is 12.5. The molecule has 1 unspecified atom stereocenters. The van der Waals surface area contributed by atoms with Crippen LogP contribution in [0.25, 0.3) is 22.0 Å². The summed E-state index contributed by atoms with van der Waals surface area (Å²) in [6.45, 7) is 1.99. The first-order valence-electron chi connectivity index (χ1n) is 6.45. The van der Waals surface area contributed by atoms with Crippen LogP contribution in [0.2, 0.25) is 0 Å². The van der Waals surface area contributed by atoms with Gasteiger partial charge in [0.1, 0.15) is 0 Å². The van der Waals surface area contributed by atoms with Crippen LogP contribution in [-0.4, -0.2) is 4.98 Å². The van der Waals surface area contributed by atoms with Gasteiger partial charge in [0, 0.05) is 23.2 Å².